The van der Waals surface area contributed by atoms with Crippen LogP contribution in [0, 0.1) is 12.7 Å². The van der Waals surface area contributed by atoms with Crippen LogP contribution in [0.3, 0.4) is 0 Å². The molecule has 0 radical (unpaired) electrons. The summed E-state index contributed by atoms with van der Waals surface area (Å²) in [6, 6.07) is 4.16. The molecular formula is C13H13FN4O3. The molecular weight excluding hydrogens is 279 g/mol. The number of hydrogen-bond acceptors (Lipinski definition) is 5. The molecule has 0 bridgehead atoms. The second kappa shape index (κ2) is 5.39. The van der Waals surface area contributed by atoms with Crippen molar-refractivity contribution in [1.82, 2.24) is 15.0 Å². The molecule has 3 rings (SSSR count). The second-order valence-electron chi connectivity index (χ2n) is 4.56. The predicted molar refractivity (Wildman–Crippen MR) is 70.4 cm³/mol. The fourth-order valence-corrected chi connectivity index (χ4v) is 2.05. The monoisotopic (exact) mass is 292 g/mol. The molecule has 1 aliphatic rings. The third-order valence-electron chi connectivity index (χ3n) is 3.07. The minimum absolute atomic E-state index is 0.0106. The number of nitrogens with one attached hydrogen (secondary N) is 1. The number of rotatable bonds is 1. The summed E-state index contributed by atoms with van der Waals surface area (Å²) in [4.78, 5) is 17.5. The van der Waals surface area contributed by atoms with E-state index in [1.54, 1.807) is 19.1 Å². The number of carbonyl (C=O) groups excluding carboxylic acids is 1. The third-order valence-corrected chi connectivity index (χ3v) is 3.07. The summed E-state index contributed by atoms with van der Waals surface area (Å²) >= 11 is 0. The first-order valence-corrected chi connectivity index (χ1v) is 6.40. The van der Waals surface area contributed by atoms with Crippen molar-refractivity contribution in [3.63, 3.8) is 0 Å². The minimum atomic E-state index is -0.446. The fraction of sp³-hybridized carbons (Fsp3) is 0.308. The van der Waals surface area contributed by atoms with Crippen LogP contribution >= 0.6 is 0 Å². The van der Waals surface area contributed by atoms with E-state index in [4.69, 9.17) is 9.26 Å². The molecule has 7 nitrogen and oxygen atoms in total. The van der Waals surface area contributed by atoms with Crippen LogP contribution in [0.25, 0.3) is 0 Å². The average molecular weight is 292 g/mol. The van der Waals surface area contributed by atoms with Crippen LogP contribution in [0.4, 0.5) is 15.2 Å². The Morgan fingerprint density at radius 2 is 2.33 bits per heavy atom. The van der Waals surface area contributed by atoms with Crippen molar-refractivity contribution in [3.05, 3.63) is 35.4 Å². The summed E-state index contributed by atoms with van der Waals surface area (Å²) in [6.07, 6.45) is 0. The molecule has 1 aliphatic heterocycles. The van der Waals surface area contributed by atoms with E-state index in [-0.39, 0.29) is 19.2 Å². The Bertz CT molecular complexity index is 673. The van der Waals surface area contributed by atoms with Gasteiger partial charge in [-0.15, -0.1) is 0 Å². The van der Waals surface area contributed by atoms with Crippen molar-refractivity contribution in [2.24, 2.45) is 0 Å². The third kappa shape index (κ3) is 2.78. The van der Waals surface area contributed by atoms with Crippen molar-refractivity contribution < 1.29 is 18.4 Å². The zero-order valence-corrected chi connectivity index (χ0v) is 11.3. The molecule has 21 heavy (non-hydrogen) atoms. The molecule has 2 amide bonds. The van der Waals surface area contributed by atoms with Gasteiger partial charge in [-0.25, -0.2) is 9.18 Å². The quantitative estimate of drug-likeness (QED) is 0.868. The summed E-state index contributed by atoms with van der Waals surface area (Å²) in [5.41, 5.74) is 0.354. The number of nitrogens with zero attached hydrogens (tertiary/aromatic N) is 3. The second-order valence-corrected chi connectivity index (χ2v) is 4.56. The molecule has 2 heterocycles. The van der Waals surface area contributed by atoms with E-state index in [1.807, 2.05) is 0 Å². The maximum Gasteiger partial charge on any atom is 0.329 e. The Hall–Kier alpha value is -2.64. The molecule has 0 atom stereocenters. The van der Waals surface area contributed by atoms with Gasteiger partial charge in [0.2, 0.25) is 0 Å². The van der Waals surface area contributed by atoms with Gasteiger partial charge in [0.05, 0.1) is 13.1 Å². The van der Waals surface area contributed by atoms with Gasteiger partial charge in [-0.1, -0.05) is 11.2 Å². The Labute approximate surface area is 119 Å². The van der Waals surface area contributed by atoms with Crippen molar-refractivity contribution in [3.8, 4) is 5.75 Å². The van der Waals surface area contributed by atoms with Gasteiger partial charge >= 0.3 is 12.0 Å². The molecule has 1 N–H and O–H groups in total. The summed E-state index contributed by atoms with van der Waals surface area (Å²) < 4.78 is 24.1. The molecule has 0 saturated carbocycles. The van der Waals surface area contributed by atoms with E-state index >= 15 is 0 Å². The van der Waals surface area contributed by atoms with Crippen molar-refractivity contribution >= 4 is 12.0 Å². The molecule has 0 saturated heterocycles. The lowest BCUT2D eigenvalue weighted by atomic mass is 10.2. The number of fused-ring (bicyclic) bond motifs is 1. The Morgan fingerprint density at radius 3 is 3.10 bits per heavy atom. The van der Waals surface area contributed by atoms with Crippen LogP contribution in [-0.2, 0) is 6.54 Å². The fourth-order valence-electron chi connectivity index (χ4n) is 2.05. The normalized spacial score (nSPS) is 14.1. The van der Waals surface area contributed by atoms with Crippen LogP contribution in [0.1, 0.15) is 11.4 Å². The number of benzene rings is 1. The van der Waals surface area contributed by atoms with Crippen LogP contribution < -0.4 is 10.1 Å². The van der Waals surface area contributed by atoms with E-state index in [2.05, 4.69) is 15.5 Å². The lowest BCUT2D eigenvalue weighted by Gasteiger charge is -2.19. The molecule has 1 aromatic heterocycles. The zero-order valence-electron chi connectivity index (χ0n) is 11.3. The number of anilines is 1. The van der Waals surface area contributed by atoms with E-state index in [9.17, 15) is 9.18 Å². The number of urea groups is 1. The first-order valence-electron chi connectivity index (χ1n) is 6.40. The molecule has 1 aromatic carbocycles. The molecule has 0 unspecified atom stereocenters. The number of aromatic nitrogens is 2. The zero-order chi connectivity index (χ0) is 14.8. The Morgan fingerprint density at radius 1 is 1.48 bits per heavy atom. The van der Waals surface area contributed by atoms with E-state index in [1.165, 1.54) is 11.0 Å². The maximum atomic E-state index is 13.8. The van der Waals surface area contributed by atoms with Crippen LogP contribution in [0.15, 0.2) is 22.7 Å². The van der Waals surface area contributed by atoms with Gasteiger partial charge in [-0.05, 0) is 19.1 Å². The first kappa shape index (κ1) is 13.3. The Kier molecular flexibility index (Phi) is 3.43. The highest BCUT2D eigenvalue weighted by atomic mass is 19.1. The van der Waals surface area contributed by atoms with Crippen LogP contribution in [0.5, 0.6) is 5.75 Å². The minimum Gasteiger partial charge on any atom is -0.491 e. The smallest absolute Gasteiger partial charge is 0.329 e. The topological polar surface area (TPSA) is 80.5 Å². The predicted octanol–water partition coefficient (Wildman–Crippen LogP) is 1.94. The molecule has 110 valence electrons. The van der Waals surface area contributed by atoms with E-state index in [0.29, 0.717) is 23.7 Å². The summed E-state index contributed by atoms with van der Waals surface area (Å²) in [5, 5.41) is 6.06. The lowest BCUT2D eigenvalue weighted by molar-refractivity contribution is 0.199. The first-order chi connectivity index (χ1) is 10.1. The van der Waals surface area contributed by atoms with Gasteiger partial charge < -0.3 is 14.2 Å². The number of carbonyl (C=O) groups is 1. The van der Waals surface area contributed by atoms with Crippen LogP contribution in [0.2, 0.25) is 0 Å². The largest absolute Gasteiger partial charge is 0.491 e. The summed E-state index contributed by atoms with van der Waals surface area (Å²) in [6.45, 7) is 2.37. The number of halogens is 1. The van der Waals surface area contributed by atoms with Gasteiger partial charge in [-0.2, -0.15) is 4.98 Å². The highest BCUT2D eigenvalue weighted by molar-refractivity contribution is 5.87. The number of ether oxygens (including phenoxy) is 1. The van der Waals surface area contributed by atoms with Crippen molar-refractivity contribution in [1.29, 1.82) is 0 Å². The number of aryl methyl sites for hydroxylation is 1. The van der Waals surface area contributed by atoms with Gasteiger partial charge in [0.25, 0.3) is 0 Å². The molecule has 0 aliphatic carbocycles. The van der Waals surface area contributed by atoms with Crippen LogP contribution in [-0.4, -0.2) is 34.2 Å². The maximum absolute atomic E-state index is 13.8. The van der Waals surface area contributed by atoms with Gasteiger partial charge in [0.15, 0.2) is 5.82 Å². The molecule has 2 aromatic rings. The SMILES string of the molecule is Cc1noc(NC(=O)N2CCOc3cccc(F)c3C2)n1. The van der Waals surface area contributed by atoms with Crippen molar-refractivity contribution in [2.75, 3.05) is 18.5 Å². The van der Waals surface area contributed by atoms with Gasteiger partial charge in [-0.3, -0.25) is 5.32 Å². The summed E-state index contributed by atoms with van der Waals surface area (Å²) in [5.74, 6) is 0.473. The summed E-state index contributed by atoms with van der Waals surface area (Å²) in [7, 11) is 0. The molecule has 0 fully saturated rings. The highest BCUT2D eigenvalue weighted by Gasteiger charge is 2.23. The highest BCUT2D eigenvalue weighted by Crippen LogP contribution is 2.25. The lowest BCUT2D eigenvalue weighted by Crippen LogP contribution is -2.36. The van der Waals surface area contributed by atoms with Gasteiger partial charge in [0, 0.05) is 5.56 Å². The van der Waals surface area contributed by atoms with Gasteiger partial charge in [0.1, 0.15) is 18.2 Å². The number of amides is 2. The number of hydrogen-bond donors (Lipinski definition) is 1. The molecule has 0 spiro atoms. The average Bonchev–Trinajstić information content (AvgIpc) is 2.74. The van der Waals surface area contributed by atoms with Crippen molar-refractivity contribution in [2.45, 2.75) is 13.5 Å². The Balaban J connectivity index is 1.77. The molecule has 8 heteroatoms. The van der Waals surface area contributed by atoms with E-state index < -0.39 is 11.8 Å². The standard InChI is InChI=1S/C13H13FN4O3/c1-8-15-12(21-17-8)16-13(19)18-5-6-20-11-4-2-3-10(14)9(11)7-18/h2-4H,5-7H2,1H3,(H,15,16,17,19). The van der Waals surface area contributed by atoms with E-state index in [0.717, 1.165) is 0 Å².